The van der Waals surface area contributed by atoms with E-state index in [1.807, 2.05) is 110 Å². The van der Waals surface area contributed by atoms with Gasteiger partial charge in [-0.25, -0.2) is 9.97 Å². The SMILES string of the molecule is c1ccc(-c2nc(-c3cc(-c4ccncc4)cc(-c4ccncc4)c3)cc(-c3cccc4oc5ccccc5c34)n2)cc1. The van der Waals surface area contributed by atoms with E-state index in [-0.39, 0.29) is 0 Å². The second kappa shape index (κ2) is 10.5. The minimum absolute atomic E-state index is 0.665. The summed E-state index contributed by atoms with van der Waals surface area (Å²) in [4.78, 5) is 18.7. The van der Waals surface area contributed by atoms with Gasteiger partial charge in [-0.1, -0.05) is 60.7 Å². The second-order valence-corrected chi connectivity index (χ2v) is 10.4. The number of furan rings is 1. The quantitative estimate of drug-likeness (QED) is 0.213. The average molecular weight is 553 g/mol. The van der Waals surface area contributed by atoms with E-state index in [2.05, 4.69) is 46.4 Å². The lowest BCUT2D eigenvalue weighted by atomic mass is 9.95. The lowest BCUT2D eigenvalue weighted by molar-refractivity contribution is 0.669. The van der Waals surface area contributed by atoms with Gasteiger partial charge in [0.25, 0.3) is 0 Å². The van der Waals surface area contributed by atoms with Crippen molar-refractivity contribution >= 4 is 21.9 Å². The van der Waals surface area contributed by atoms with Gasteiger partial charge >= 0.3 is 0 Å². The smallest absolute Gasteiger partial charge is 0.160 e. The second-order valence-electron chi connectivity index (χ2n) is 10.4. The molecule has 0 aliphatic carbocycles. The molecule has 0 bridgehead atoms. The summed E-state index contributed by atoms with van der Waals surface area (Å²) in [6.07, 6.45) is 7.28. The number of hydrogen-bond donors (Lipinski definition) is 0. The van der Waals surface area contributed by atoms with E-state index in [0.29, 0.717) is 5.82 Å². The third-order valence-electron chi connectivity index (χ3n) is 7.69. The van der Waals surface area contributed by atoms with Crippen LogP contribution in [-0.4, -0.2) is 19.9 Å². The van der Waals surface area contributed by atoms with Crippen LogP contribution in [0.5, 0.6) is 0 Å². The van der Waals surface area contributed by atoms with E-state index in [1.165, 1.54) is 0 Å². The molecular formula is C38H24N4O. The molecule has 0 aliphatic heterocycles. The summed E-state index contributed by atoms with van der Waals surface area (Å²) in [7, 11) is 0. The van der Waals surface area contributed by atoms with Gasteiger partial charge in [-0.15, -0.1) is 0 Å². The zero-order valence-corrected chi connectivity index (χ0v) is 23.1. The molecule has 0 saturated heterocycles. The summed E-state index contributed by atoms with van der Waals surface area (Å²) in [6.45, 7) is 0. The highest BCUT2D eigenvalue weighted by atomic mass is 16.3. The van der Waals surface area contributed by atoms with E-state index in [1.54, 1.807) is 0 Å². The molecular weight excluding hydrogens is 528 g/mol. The first-order chi connectivity index (χ1) is 21.3. The topological polar surface area (TPSA) is 64.7 Å². The number of aromatic nitrogens is 4. The Morgan fingerprint density at radius 3 is 1.74 bits per heavy atom. The van der Waals surface area contributed by atoms with Crippen molar-refractivity contribution in [3.63, 3.8) is 0 Å². The number of pyridine rings is 2. The molecule has 4 heterocycles. The fourth-order valence-electron chi connectivity index (χ4n) is 5.64. The van der Waals surface area contributed by atoms with Crippen LogP contribution < -0.4 is 0 Å². The number of nitrogens with zero attached hydrogens (tertiary/aromatic N) is 4. The van der Waals surface area contributed by atoms with E-state index in [9.17, 15) is 0 Å². The predicted molar refractivity (Wildman–Crippen MR) is 172 cm³/mol. The van der Waals surface area contributed by atoms with E-state index in [4.69, 9.17) is 14.4 Å². The molecule has 202 valence electrons. The van der Waals surface area contributed by atoms with Crippen molar-refractivity contribution in [2.45, 2.75) is 0 Å². The maximum absolute atomic E-state index is 6.22. The van der Waals surface area contributed by atoms with Gasteiger partial charge in [0, 0.05) is 52.3 Å². The zero-order valence-electron chi connectivity index (χ0n) is 23.1. The molecule has 43 heavy (non-hydrogen) atoms. The van der Waals surface area contributed by atoms with Crippen LogP contribution in [0.1, 0.15) is 0 Å². The highest BCUT2D eigenvalue weighted by molar-refractivity contribution is 6.12. The standard InChI is InChI=1S/C38H24N4O/c1-2-7-27(8-3-1)38-41-33(24-34(42-38)31-10-6-12-36-37(31)32-9-4-5-11-35(32)43-36)30-22-28(25-13-17-39-18-14-25)21-29(23-30)26-15-19-40-20-16-26/h1-24H. The Kier molecular flexibility index (Phi) is 6.05. The molecule has 0 amide bonds. The van der Waals surface area contributed by atoms with E-state index >= 15 is 0 Å². The third kappa shape index (κ3) is 4.63. The van der Waals surface area contributed by atoms with Crippen molar-refractivity contribution in [2.75, 3.05) is 0 Å². The molecule has 0 spiro atoms. The van der Waals surface area contributed by atoms with Crippen LogP contribution in [0.2, 0.25) is 0 Å². The van der Waals surface area contributed by atoms with Crippen LogP contribution >= 0.6 is 0 Å². The van der Waals surface area contributed by atoms with E-state index in [0.717, 1.165) is 72.3 Å². The van der Waals surface area contributed by atoms with Crippen LogP contribution in [0.4, 0.5) is 0 Å². The fourth-order valence-corrected chi connectivity index (χ4v) is 5.64. The molecule has 5 heteroatoms. The predicted octanol–water partition coefficient (Wildman–Crippen LogP) is 9.50. The lowest BCUT2D eigenvalue weighted by Crippen LogP contribution is -1.97. The van der Waals surface area contributed by atoms with Gasteiger partial charge in [-0.3, -0.25) is 9.97 Å². The Balaban J connectivity index is 1.40. The summed E-state index contributed by atoms with van der Waals surface area (Å²) in [5.41, 5.74) is 10.6. The first-order valence-electron chi connectivity index (χ1n) is 14.1. The van der Waals surface area contributed by atoms with Crippen LogP contribution in [0.15, 0.2) is 151 Å². The molecule has 0 radical (unpaired) electrons. The van der Waals surface area contributed by atoms with Gasteiger partial charge in [-0.2, -0.15) is 0 Å². The van der Waals surface area contributed by atoms with Crippen LogP contribution in [-0.2, 0) is 0 Å². The summed E-state index contributed by atoms with van der Waals surface area (Å²) >= 11 is 0. The first-order valence-corrected chi connectivity index (χ1v) is 14.1. The van der Waals surface area contributed by atoms with E-state index < -0.39 is 0 Å². The molecule has 4 aromatic carbocycles. The van der Waals surface area contributed by atoms with Gasteiger partial charge in [0.1, 0.15) is 11.2 Å². The number of hydrogen-bond acceptors (Lipinski definition) is 5. The molecule has 8 rings (SSSR count). The molecule has 0 N–H and O–H groups in total. The molecule has 0 unspecified atom stereocenters. The maximum Gasteiger partial charge on any atom is 0.160 e. The Morgan fingerprint density at radius 1 is 0.419 bits per heavy atom. The molecule has 0 fully saturated rings. The van der Waals surface area contributed by atoms with Crippen molar-refractivity contribution < 1.29 is 4.42 Å². The molecule has 5 nitrogen and oxygen atoms in total. The number of rotatable bonds is 5. The van der Waals surface area contributed by atoms with Crippen molar-refractivity contribution in [3.05, 3.63) is 146 Å². The van der Waals surface area contributed by atoms with Crippen molar-refractivity contribution in [1.29, 1.82) is 0 Å². The largest absolute Gasteiger partial charge is 0.456 e. The number of fused-ring (bicyclic) bond motifs is 3. The minimum Gasteiger partial charge on any atom is -0.456 e. The highest BCUT2D eigenvalue weighted by Gasteiger charge is 2.17. The van der Waals surface area contributed by atoms with Crippen molar-refractivity contribution in [3.8, 4) is 56.2 Å². The minimum atomic E-state index is 0.665. The Labute approximate surface area is 248 Å². The zero-order chi connectivity index (χ0) is 28.6. The highest BCUT2D eigenvalue weighted by Crippen LogP contribution is 2.38. The van der Waals surface area contributed by atoms with Crippen LogP contribution in [0.25, 0.3) is 78.1 Å². The Hall–Kier alpha value is -5.94. The van der Waals surface area contributed by atoms with Gasteiger partial charge < -0.3 is 4.42 Å². The normalized spacial score (nSPS) is 11.3. The van der Waals surface area contributed by atoms with Crippen molar-refractivity contribution in [2.24, 2.45) is 0 Å². The molecule has 8 aromatic rings. The summed E-state index contributed by atoms with van der Waals surface area (Å²) in [6, 6.07) is 41.2. The van der Waals surface area contributed by atoms with Gasteiger partial charge in [0.15, 0.2) is 5.82 Å². The van der Waals surface area contributed by atoms with Crippen LogP contribution in [0.3, 0.4) is 0 Å². The first kappa shape index (κ1) is 24.8. The number of para-hydroxylation sites is 1. The maximum atomic E-state index is 6.22. The number of benzene rings is 4. The van der Waals surface area contributed by atoms with Gasteiger partial charge in [-0.05, 0) is 82.9 Å². The van der Waals surface area contributed by atoms with Gasteiger partial charge in [0.05, 0.1) is 11.4 Å². The summed E-state index contributed by atoms with van der Waals surface area (Å²) in [5, 5.41) is 2.11. The molecule has 0 aliphatic rings. The van der Waals surface area contributed by atoms with Crippen LogP contribution in [0, 0.1) is 0 Å². The molecule has 4 aromatic heterocycles. The monoisotopic (exact) mass is 552 g/mol. The summed E-state index contributed by atoms with van der Waals surface area (Å²) in [5.74, 6) is 0.665. The fraction of sp³-hybridized carbons (Fsp3) is 0. The molecule has 0 saturated carbocycles. The molecule has 0 atom stereocenters. The van der Waals surface area contributed by atoms with Gasteiger partial charge in [0.2, 0.25) is 0 Å². The third-order valence-corrected chi connectivity index (χ3v) is 7.69. The summed E-state index contributed by atoms with van der Waals surface area (Å²) < 4.78 is 6.22. The Bertz CT molecular complexity index is 2170. The lowest BCUT2D eigenvalue weighted by Gasteiger charge is -2.13. The Morgan fingerprint density at radius 2 is 1.02 bits per heavy atom. The average Bonchev–Trinajstić information content (AvgIpc) is 3.48. The van der Waals surface area contributed by atoms with Crippen molar-refractivity contribution in [1.82, 2.24) is 19.9 Å².